The van der Waals surface area contributed by atoms with Crippen LogP contribution in [-0.2, 0) is 4.74 Å². The van der Waals surface area contributed by atoms with Gasteiger partial charge in [0.2, 0.25) is 0 Å². The van der Waals surface area contributed by atoms with Crippen LogP contribution in [0.3, 0.4) is 0 Å². The average molecular weight is 239 g/mol. The zero-order valence-electron chi connectivity index (χ0n) is 10.7. The maximum absolute atomic E-state index is 13.0. The van der Waals surface area contributed by atoms with Crippen LogP contribution in [0.1, 0.15) is 38.3 Å². The Morgan fingerprint density at radius 1 is 1.35 bits per heavy atom. The highest BCUT2D eigenvalue weighted by Gasteiger charge is 2.06. The predicted octanol–water partition coefficient (Wildman–Crippen LogP) is 3.28. The molecule has 1 aromatic rings. The Morgan fingerprint density at radius 2 is 2.12 bits per heavy atom. The molecular formula is C14H22FNO. The van der Waals surface area contributed by atoms with E-state index in [1.54, 1.807) is 6.07 Å². The zero-order chi connectivity index (χ0) is 12.7. The molecule has 3 heteroatoms. The first-order valence-corrected chi connectivity index (χ1v) is 6.18. The van der Waals surface area contributed by atoms with Crippen molar-refractivity contribution in [2.24, 2.45) is 11.7 Å². The van der Waals surface area contributed by atoms with Gasteiger partial charge in [-0.05, 0) is 36.5 Å². The Balaban J connectivity index is 2.23. The average Bonchev–Trinajstić information content (AvgIpc) is 2.28. The Hall–Kier alpha value is -0.930. The van der Waals surface area contributed by atoms with Crippen molar-refractivity contribution >= 4 is 0 Å². The summed E-state index contributed by atoms with van der Waals surface area (Å²) in [6, 6.07) is 6.13. The molecule has 0 amide bonds. The van der Waals surface area contributed by atoms with Crippen molar-refractivity contribution in [3.05, 3.63) is 35.6 Å². The van der Waals surface area contributed by atoms with Crippen LogP contribution in [0.25, 0.3) is 0 Å². The molecule has 96 valence electrons. The number of ether oxygens (including phenoxy) is 1. The van der Waals surface area contributed by atoms with E-state index < -0.39 is 0 Å². The van der Waals surface area contributed by atoms with Crippen molar-refractivity contribution in [1.82, 2.24) is 0 Å². The summed E-state index contributed by atoms with van der Waals surface area (Å²) in [6.45, 7) is 5.56. The van der Waals surface area contributed by atoms with Crippen molar-refractivity contribution in [2.45, 2.75) is 32.7 Å². The van der Waals surface area contributed by atoms with Crippen LogP contribution < -0.4 is 5.73 Å². The van der Waals surface area contributed by atoms with Crippen LogP contribution in [-0.4, -0.2) is 13.2 Å². The molecule has 0 aliphatic carbocycles. The van der Waals surface area contributed by atoms with Crippen LogP contribution in [0.4, 0.5) is 4.39 Å². The van der Waals surface area contributed by atoms with Gasteiger partial charge in [-0.2, -0.15) is 0 Å². The summed E-state index contributed by atoms with van der Waals surface area (Å²) in [6.07, 6.45) is 2.21. The first-order chi connectivity index (χ1) is 8.09. The predicted molar refractivity (Wildman–Crippen MR) is 68.2 cm³/mol. The first kappa shape index (κ1) is 14.1. The molecule has 0 saturated carbocycles. The van der Waals surface area contributed by atoms with Crippen LogP contribution >= 0.6 is 0 Å². The highest BCUT2D eigenvalue weighted by molar-refractivity contribution is 5.19. The minimum absolute atomic E-state index is 0.246. The molecule has 0 spiro atoms. The van der Waals surface area contributed by atoms with Gasteiger partial charge in [-0.15, -0.1) is 0 Å². The van der Waals surface area contributed by atoms with Gasteiger partial charge in [-0.25, -0.2) is 4.39 Å². The van der Waals surface area contributed by atoms with Gasteiger partial charge in [0.25, 0.3) is 0 Å². The number of nitrogens with two attached hydrogens (primary N) is 1. The molecule has 1 unspecified atom stereocenters. The van der Waals surface area contributed by atoms with Crippen molar-refractivity contribution in [1.29, 1.82) is 0 Å². The minimum atomic E-state index is -0.252. The van der Waals surface area contributed by atoms with Gasteiger partial charge in [0.15, 0.2) is 0 Å². The van der Waals surface area contributed by atoms with Crippen LogP contribution in [0.15, 0.2) is 24.3 Å². The summed E-state index contributed by atoms with van der Waals surface area (Å²) in [5, 5.41) is 0. The lowest BCUT2D eigenvalue weighted by Gasteiger charge is -2.13. The number of halogens is 1. The van der Waals surface area contributed by atoms with Crippen LogP contribution in [0.2, 0.25) is 0 Å². The van der Waals surface area contributed by atoms with Gasteiger partial charge >= 0.3 is 0 Å². The highest BCUT2D eigenvalue weighted by atomic mass is 19.1. The molecule has 0 aliphatic rings. The van der Waals surface area contributed by atoms with Crippen LogP contribution in [0.5, 0.6) is 0 Å². The molecule has 0 fully saturated rings. The molecule has 0 radical (unpaired) electrons. The van der Waals surface area contributed by atoms with Gasteiger partial charge in [-0.1, -0.05) is 26.0 Å². The topological polar surface area (TPSA) is 35.2 Å². The van der Waals surface area contributed by atoms with E-state index in [1.165, 1.54) is 12.1 Å². The molecule has 1 rings (SSSR count). The number of hydrogen-bond acceptors (Lipinski definition) is 2. The Morgan fingerprint density at radius 3 is 2.76 bits per heavy atom. The third kappa shape index (κ3) is 5.80. The van der Waals surface area contributed by atoms with E-state index >= 15 is 0 Å². The summed E-state index contributed by atoms with van der Waals surface area (Å²) in [4.78, 5) is 0. The van der Waals surface area contributed by atoms with Crippen LogP contribution in [0, 0.1) is 11.7 Å². The Kier molecular flexibility index (Phi) is 6.16. The standard InChI is InChI=1S/C14H22FNO/c1-11(2)5-4-8-17-10-14(16)12-6-3-7-13(15)9-12/h3,6-7,9,11,14H,4-5,8,10,16H2,1-2H3. The van der Waals surface area contributed by atoms with Gasteiger partial charge in [-0.3, -0.25) is 0 Å². The second-order valence-electron chi connectivity index (χ2n) is 4.77. The molecule has 0 aliphatic heterocycles. The van der Waals surface area contributed by atoms with Crippen molar-refractivity contribution in [3.8, 4) is 0 Å². The van der Waals surface area contributed by atoms with E-state index in [4.69, 9.17) is 10.5 Å². The normalized spacial score (nSPS) is 13.0. The van der Waals surface area contributed by atoms with E-state index in [9.17, 15) is 4.39 Å². The molecule has 0 heterocycles. The molecule has 2 N–H and O–H groups in total. The maximum atomic E-state index is 13.0. The fourth-order valence-electron chi connectivity index (χ4n) is 1.64. The molecule has 0 aromatic heterocycles. The molecular weight excluding hydrogens is 217 g/mol. The number of hydrogen-bond donors (Lipinski definition) is 1. The first-order valence-electron chi connectivity index (χ1n) is 6.18. The van der Waals surface area contributed by atoms with Crippen molar-refractivity contribution < 1.29 is 9.13 Å². The molecule has 0 bridgehead atoms. The summed E-state index contributed by atoms with van der Waals surface area (Å²) in [5.41, 5.74) is 6.70. The monoisotopic (exact) mass is 239 g/mol. The number of rotatable bonds is 7. The van der Waals surface area contributed by atoms with E-state index in [2.05, 4.69) is 13.8 Å². The third-order valence-corrected chi connectivity index (χ3v) is 2.64. The van der Waals surface area contributed by atoms with Gasteiger partial charge in [0.1, 0.15) is 5.82 Å². The van der Waals surface area contributed by atoms with Crippen molar-refractivity contribution in [2.75, 3.05) is 13.2 Å². The fraction of sp³-hybridized carbons (Fsp3) is 0.571. The summed E-state index contributed by atoms with van der Waals surface area (Å²) in [5.74, 6) is 0.452. The third-order valence-electron chi connectivity index (χ3n) is 2.64. The molecule has 1 atom stereocenters. The van der Waals surface area contributed by atoms with Crippen molar-refractivity contribution in [3.63, 3.8) is 0 Å². The van der Waals surface area contributed by atoms with E-state index in [0.29, 0.717) is 12.5 Å². The van der Waals surface area contributed by atoms with E-state index in [0.717, 1.165) is 25.0 Å². The maximum Gasteiger partial charge on any atom is 0.123 e. The Labute approximate surface area is 103 Å². The summed E-state index contributed by atoms with van der Waals surface area (Å²) < 4.78 is 18.5. The zero-order valence-corrected chi connectivity index (χ0v) is 10.7. The largest absolute Gasteiger partial charge is 0.379 e. The summed E-state index contributed by atoms with van der Waals surface area (Å²) >= 11 is 0. The lowest BCUT2D eigenvalue weighted by molar-refractivity contribution is 0.115. The Bertz CT molecular complexity index is 328. The SMILES string of the molecule is CC(C)CCCOCC(N)c1cccc(F)c1. The quantitative estimate of drug-likeness (QED) is 0.741. The number of benzene rings is 1. The fourth-order valence-corrected chi connectivity index (χ4v) is 1.64. The molecule has 0 saturated heterocycles. The van der Waals surface area contributed by atoms with E-state index in [-0.39, 0.29) is 11.9 Å². The lowest BCUT2D eigenvalue weighted by atomic mass is 10.1. The summed E-state index contributed by atoms with van der Waals surface area (Å²) in [7, 11) is 0. The highest BCUT2D eigenvalue weighted by Crippen LogP contribution is 2.12. The second-order valence-corrected chi connectivity index (χ2v) is 4.77. The minimum Gasteiger partial charge on any atom is -0.379 e. The van der Waals surface area contributed by atoms with E-state index in [1.807, 2.05) is 6.07 Å². The second kappa shape index (κ2) is 7.41. The lowest BCUT2D eigenvalue weighted by Crippen LogP contribution is -2.17. The van der Waals surface area contributed by atoms with Gasteiger partial charge in [0, 0.05) is 6.61 Å². The smallest absolute Gasteiger partial charge is 0.123 e. The van der Waals surface area contributed by atoms with Gasteiger partial charge in [0.05, 0.1) is 12.6 Å². The van der Waals surface area contributed by atoms with Gasteiger partial charge < -0.3 is 10.5 Å². The molecule has 1 aromatic carbocycles. The molecule has 17 heavy (non-hydrogen) atoms. The molecule has 2 nitrogen and oxygen atoms in total.